The molecule has 1 aromatic carbocycles. The highest BCUT2D eigenvalue weighted by Gasteiger charge is 2.29. The van der Waals surface area contributed by atoms with E-state index in [1.165, 1.54) is 24.3 Å². The standard InChI is InChI=1S/C14H9F3O3/c15-14(16,17)10-4-1-9(2-5-10)3-6-12-13(19)11(18)7-8-20-12/h1-8,19H. The van der Waals surface area contributed by atoms with E-state index in [0.29, 0.717) is 5.56 Å². The fourth-order valence-corrected chi connectivity index (χ4v) is 1.50. The quantitative estimate of drug-likeness (QED) is 0.916. The average molecular weight is 282 g/mol. The third-order valence-corrected chi connectivity index (χ3v) is 2.55. The van der Waals surface area contributed by atoms with Crippen LogP contribution in [0.25, 0.3) is 12.2 Å². The van der Waals surface area contributed by atoms with Crippen molar-refractivity contribution in [3.63, 3.8) is 0 Å². The Kier molecular flexibility index (Phi) is 3.65. The van der Waals surface area contributed by atoms with E-state index in [4.69, 9.17) is 4.42 Å². The summed E-state index contributed by atoms with van der Waals surface area (Å²) in [7, 11) is 0. The van der Waals surface area contributed by atoms with Crippen LogP contribution in [-0.4, -0.2) is 5.11 Å². The minimum atomic E-state index is -4.38. The van der Waals surface area contributed by atoms with E-state index in [-0.39, 0.29) is 5.76 Å². The molecule has 0 aliphatic carbocycles. The second-order valence-electron chi connectivity index (χ2n) is 3.95. The van der Waals surface area contributed by atoms with Crippen LogP contribution in [-0.2, 0) is 6.18 Å². The lowest BCUT2D eigenvalue weighted by atomic mass is 10.1. The zero-order chi connectivity index (χ0) is 14.8. The van der Waals surface area contributed by atoms with Crippen LogP contribution in [0.1, 0.15) is 16.9 Å². The molecule has 1 aromatic heterocycles. The molecule has 0 atom stereocenters. The van der Waals surface area contributed by atoms with Gasteiger partial charge in [0.2, 0.25) is 11.2 Å². The lowest BCUT2D eigenvalue weighted by Gasteiger charge is -2.05. The molecule has 0 unspecified atom stereocenters. The first kappa shape index (κ1) is 13.9. The predicted molar refractivity (Wildman–Crippen MR) is 67.0 cm³/mol. The number of aromatic hydroxyl groups is 1. The molecule has 104 valence electrons. The van der Waals surface area contributed by atoms with E-state index >= 15 is 0 Å². The third kappa shape index (κ3) is 3.09. The summed E-state index contributed by atoms with van der Waals surface area (Å²) in [5.41, 5.74) is -0.865. The van der Waals surface area contributed by atoms with Gasteiger partial charge in [0.1, 0.15) is 0 Å². The Balaban J connectivity index is 2.24. The topological polar surface area (TPSA) is 50.4 Å². The van der Waals surface area contributed by atoms with Gasteiger partial charge in [0.15, 0.2) is 5.76 Å². The van der Waals surface area contributed by atoms with Gasteiger partial charge in [-0.3, -0.25) is 4.79 Å². The molecule has 2 aromatic rings. The number of hydrogen-bond acceptors (Lipinski definition) is 3. The smallest absolute Gasteiger partial charge is 0.416 e. The van der Waals surface area contributed by atoms with Gasteiger partial charge in [0, 0.05) is 6.07 Å². The molecule has 0 aliphatic rings. The van der Waals surface area contributed by atoms with Crippen LogP contribution in [0.3, 0.4) is 0 Å². The highest BCUT2D eigenvalue weighted by molar-refractivity contribution is 5.69. The molecule has 0 fully saturated rings. The SMILES string of the molecule is O=c1ccoc(C=Cc2ccc(C(F)(F)F)cc2)c1O. The number of rotatable bonds is 2. The first-order chi connectivity index (χ1) is 9.38. The van der Waals surface area contributed by atoms with Crippen molar-refractivity contribution in [2.45, 2.75) is 6.18 Å². The van der Waals surface area contributed by atoms with E-state index in [2.05, 4.69) is 0 Å². The third-order valence-electron chi connectivity index (χ3n) is 2.55. The van der Waals surface area contributed by atoms with Crippen LogP contribution in [0.5, 0.6) is 5.75 Å². The van der Waals surface area contributed by atoms with E-state index in [0.717, 1.165) is 24.5 Å². The molecule has 3 nitrogen and oxygen atoms in total. The Morgan fingerprint density at radius 3 is 2.30 bits per heavy atom. The maximum absolute atomic E-state index is 12.4. The van der Waals surface area contributed by atoms with Crippen molar-refractivity contribution in [3.8, 4) is 5.75 Å². The Morgan fingerprint density at radius 2 is 1.70 bits per heavy atom. The maximum Gasteiger partial charge on any atom is 0.416 e. The lowest BCUT2D eigenvalue weighted by Crippen LogP contribution is -2.03. The van der Waals surface area contributed by atoms with Crippen LogP contribution >= 0.6 is 0 Å². The molecule has 0 spiro atoms. The fourth-order valence-electron chi connectivity index (χ4n) is 1.50. The molecule has 1 heterocycles. The van der Waals surface area contributed by atoms with Crippen molar-refractivity contribution >= 4 is 12.2 Å². The number of benzene rings is 1. The molecule has 1 N–H and O–H groups in total. The summed E-state index contributed by atoms with van der Waals surface area (Å²) in [4.78, 5) is 11.1. The van der Waals surface area contributed by atoms with Crippen molar-refractivity contribution in [2.24, 2.45) is 0 Å². The highest BCUT2D eigenvalue weighted by Crippen LogP contribution is 2.29. The summed E-state index contributed by atoms with van der Waals surface area (Å²) in [6.45, 7) is 0. The van der Waals surface area contributed by atoms with Crippen LogP contribution in [0.15, 0.2) is 45.8 Å². The Labute approximate surface area is 111 Å². The minimum Gasteiger partial charge on any atom is -0.502 e. The monoisotopic (exact) mass is 282 g/mol. The summed E-state index contributed by atoms with van der Waals surface area (Å²) in [5, 5.41) is 9.42. The van der Waals surface area contributed by atoms with Gasteiger partial charge in [-0.1, -0.05) is 18.2 Å². The number of halogens is 3. The Hall–Kier alpha value is -2.50. The average Bonchev–Trinajstić information content (AvgIpc) is 2.40. The highest BCUT2D eigenvalue weighted by atomic mass is 19.4. The van der Waals surface area contributed by atoms with E-state index in [9.17, 15) is 23.1 Å². The van der Waals surface area contributed by atoms with Gasteiger partial charge >= 0.3 is 6.18 Å². The van der Waals surface area contributed by atoms with Crippen molar-refractivity contribution in [1.82, 2.24) is 0 Å². The predicted octanol–water partition coefficient (Wildman–Crippen LogP) is 3.53. The van der Waals surface area contributed by atoms with Crippen LogP contribution < -0.4 is 5.43 Å². The number of alkyl halides is 3. The largest absolute Gasteiger partial charge is 0.502 e. The summed E-state index contributed by atoms with van der Waals surface area (Å²) in [6, 6.07) is 5.50. The zero-order valence-electron chi connectivity index (χ0n) is 10.0. The first-order valence-corrected chi connectivity index (χ1v) is 5.54. The number of hydrogen-bond donors (Lipinski definition) is 1. The van der Waals surface area contributed by atoms with Gasteiger partial charge < -0.3 is 9.52 Å². The minimum absolute atomic E-state index is 0.0580. The zero-order valence-corrected chi connectivity index (χ0v) is 10.0. The maximum atomic E-state index is 12.4. The van der Waals surface area contributed by atoms with Crippen molar-refractivity contribution < 1.29 is 22.7 Å². The molecule has 20 heavy (non-hydrogen) atoms. The fraction of sp³-hybridized carbons (Fsp3) is 0.0714. The summed E-state index contributed by atoms with van der Waals surface area (Å²) in [6.07, 6.45) is -0.529. The second kappa shape index (κ2) is 5.24. The molecular formula is C14H9F3O3. The molecule has 2 rings (SSSR count). The molecule has 0 bridgehead atoms. The summed E-state index contributed by atoms with van der Waals surface area (Å²) >= 11 is 0. The molecule has 0 saturated carbocycles. The molecule has 6 heteroatoms. The molecule has 0 radical (unpaired) electrons. The van der Waals surface area contributed by atoms with Gasteiger partial charge in [-0.15, -0.1) is 0 Å². The van der Waals surface area contributed by atoms with Gasteiger partial charge in [0.25, 0.3) is 0 Å². The van der Waals surface area contributed by atoms with Gasteiger partial charge in [-0.2, -0.15) is 13.2 Å². The Bertz CT molecular complexity index is 682. The second-order valence-corrected chi connectivity index (χ2v) is 3.95. The van der Waals surface area contributed by atoms with Crippen molar-refractivity contribution in [2.75, 3.05) is 0 Å². The van der Waals surface area contributed by atoms with Crippen molar-refractivity contribution in [1.29, 1.82) is 0 Å². The van der Waals surface area contributed by atoms with Crippen LogP contribution in [0, 0.1) is 0 Å². The van der Waals surface area contributed by atoms with Gasteiger partial charge in [-0.25, -0.2) is 0 Å². The molecule has 0 saturated heterocycles. The first-order valence-electron chi connectivity index (χ1n) is 5.54. The van der Waals surface area contributed by atoms with Crippen LogP contribution in [0.2, 0.25) is 0 Å². The lowest BCUT2D eigenvalue weighted by molar-refractivity contribution is -0.137. The van der Waals surface area contributed by atoms with Crippen LogP contribution in [0.4, 0.5) is 13.2 Å². The molecular weight excluding hydrogens is 273 g/mol. The van der Waals surface area contributed by atoms with E-state index in [1.54, 1.807) is 0 Å². The van der Waals surface area contributed by atoms with E-state index < -0.39 is 22.9 Å². The van der Waals surface area contributed by atoms with Gasteiger partial charge in [0.05, 0.1) is 11.8 Å². The molecule has 0 aliphatic heterocycles. The normalized spacial score (nSPS) is 11.9. The van der Waals surface area contributed by atoms with Crippen molar-refractivity contribution in [3.05, 3.63) is 63.7 Å². The summed E-state index contributed by atoms with van der Waals surface area (Å²) in [5.74, 6) is -0.604. The van der Waals surface area contributed by atoms with Gasteiger partial charge in [-0.05, 0) is 23.8 Å². The van der Waals surface area contributed by atoms with E-state index in [1.807, 2.05) is 0 Å². The molecule has 0 amide bonds. The Morgan fingerprint density at radius 1 is 1.05 bits per heavy atom. The summed E-state index contributed by atoms with van der Waals surface area (Å²) < 4.78 is 42.0.